The maximum absolute atomic E-state index is 9.67. The van der Waals surface area contributed by atoms with Crippen LogP contribution in [0, 0.1) is 11.3 Å². The maximum atomic E-state index is 9.67. The molecule has 1 N–H and O–H groups in total. The predicted molar refractivity (Wildman–Crippen MR) is 60.6 cm³/mol. The van der Waals surface area contributed by atoms with E-state index in [2.05, 4.69) is 6.58 Å². The molecular weight excluding hydrogens is 188 g/mol. The average molecular weight is 210 g/mol. The van der Waals surface area contributed by atoms with Gasteiger partial charge in [-0.15, -0.1) is 6.58 Å². The van der Waals surface area contributed by atoms with E-state index in [0.717, 1.165) is 13.0 Å². The van der Waals surface area contributed by atoms with Crippen molar-refractivity contribution < 1.29 is 9.84 Å². The summed E-state index contributed by atoms with van der Waals surface area (Å²) in [6.45, 7) is 4.79. The number of hydrogen-bond acceptors (Lipinski definition) is 2. The third-order valence-corrected chi connectivity index (χ3v) is 4.24. The van der Waals surface area contributed by atoms with Gasteiger partial charge in [-0.2, -0.15) is 0 Å². The summed E-state index contributed by atoms with van der Waals surface area (Å²) in [4.78, 5) is 0. The lowest BCUT2D eigenvalue weighted by Crippen LogP contribution is -2.36. The van der Waals surface area contributed by atoms with Gasteiger partial charge in [-0.25, -0.2) is 0 Å². The zero-order valence-electron chi connectivity index (χ0n) is 9.45. The van der Waals surface area contributed by atoms with Crippen molar-refractivity contribution in [2.45, 2.75) is 44.6 Å². The molecule has 0 radical (unpaired) electrons. The van der Waals surface area contributed by atoms with Crippen LogP contribution in [0.25, 0.3) is 0 Å². The fourth-order valence-electron chi connectivity index (χ4n) is 3.18. The van der Waals surface area contributed by atoms with Crippen LogP contribution in [0.3, 0.4) is 0 Å². The van der Waals surface area contributed by atoms with Gasteiger partial charge in [0.15, 0.2) is 0 Å². The largest absolute Gasteiger partial charge is 0.396 e. The molecule has 86 valence electrons. The Balaban J connectivity index is 2.04. The van der Waals surface area contributed by atoms with Crippen LogP contribution in [-0.2, 0) is 4.74 Å². The monoisotopic (exact) mass is 210 g/mol. The Morgan fingerprint density at radius 3 is 2.60 bits per heavy atom. The highest BCUT2D eigenvalue weighted by Gasteiger charge is 2.44. The van der Waals surface area contributed by atoms with Crippen molar-refractivity contribution in [1.29, 1.82) is 0 Å². The van der Waals surface area contributed by atoms with E-state index in [4.69, 9.17) is 4.74 Å². The molecule has 0 amide bonds. The number of rotatable bonds is 3. The quantitative estimate of drug-likeness (QED) is 0.725. The first-order valence-corrected chi connectivity index (χ1v) is 6.16. The van der Waals surface area contributed by atoms with Gasteiger partial charge >= 0.3 is 0 Å². The molecule has 1 heterocycles. The van der Waals surface area contributed by atoms with Gasteiger partial charge in [-0.05, 0) is 25.2 Å². The third-order valence-electron chi connectivity index (χ3n) is 4.24. The fourth-order valence-corrected chi connectivity index (χ4v) is 3.18. The Hall–Kier alpha value is -0.340. The fraction of sp³-hybridized carbons (Fsp3) is 0.846. The normalized spacial score (nSPS) is 38.1. The Labute approximate surface area is 92.3 Å². The van der Waals surface area contributed by atoms with E-state index in [-0.39, 0.29) is 18.1 Å². The molecular formula is C13H22O2. The Bertz CT molecular complexity index is 221. The highest BCUT2D eigenvalue weighted by molar-refractivity contribution is 4.98. The van der Waals surface area contributed by atoms with Crippen LogP contribution >= 0.6 is 0 Å². The van der Waals surface area contributed by atoms with E-state index in [1.54, 1.807) is 0 Å². The third kappa shape index (κ3) is 2.11. The van der Waals surface area contributed by atoms with E-state index in [1.807, 2.05) is 6.08 Å². The molecule has 1 aliphatic carbocycles. The maximum Gasteiger partial charge on any atom is 0.0760 e. The minimum Gasteiger partial charge on any atom is -0.396 e. The number of aliphatic hydroxyl groups excluding tert-OH is 1. The number of aliphatic hydroxyl groups is 1. The smallest absolute Gasteiger partial charge is 0.0760 e. The topological polar surface area (TPSA) is 29.5 Å². The zero-order valence-corrected chi connectivity index (χ0v) is 9.45. The summed E-state index contributed by atoms with van der Waals surface area (Å²) in [6, 6.07) is 0. The van der Waals surface area contributed by atoms with Crippen LogP contribution in [0.1, 0.15) is 38.5 Å². The van der Waals surface area contributed by atoms with Crippen molar-refractivity contribution >= 4 is 0 Å². The number of ether oxygens (including phenoxy) is 1. The highest BCUT2D eigenvalue weighted by Crippen LogP contribution is 2.45. The molecule has 15 heavy (non-hydrogen) atoms. The minimum absolute atomic E-state index is 0.0409. The Morgan fingerprint density at radius 1 is 1.33 bits per heavy atom. The molecule has 2 rings (SSSR count). The molecule has 0 bridgehead atoms. The first-order chi connectivity index (χ1) is 7.30. The van der Waals surface area contributed by atoms with Crippen molar-refractivity contribution in [3.05, 3.63) is 12.7 Å². The number of hydrogen-bond donors (Lipinski definition) is 1. The van der Waals surface area contributed by atoms with Gasteiger partial charge in [0.05, 0.1) is 19.3 Å². The zero-order chi connectivity index (χ0) is 10.7. The van der Waals surface area contributed by atoms with Gasteiger partial charge in [-0.3, -0.25) is 0 Å². The van der Waals surface area contributed by atoms with Crippen LogP contribution < -0.4 is 0 Å². The standard InChI is InChI=1S/C13H22O2/c1-2-12-8-13(9-14,10-15-12)11-6-4-3-5-7-11/h2,11-12,14H,1,3-10H2/t12-,13+/m0/s1. The molecule has 2 aliphatic rings. The minimum atomic E-state index is 0.0409. The molecule has 0 aromatic rings. The molecule has 1 saturated carbocycles. The molecule has 2 nitrogen and oxygen atoms in total. The highest BCUT2D eigenvalue weighted by atomic mass is 16.5. The van der Waals surface area contributed by atoms with Gasteiger partial charge in [-0.1, -0.05) is 25.3 Å². The summed E-state index contributed by atoms with van der Waals surface area (Å²) in [5, 5.41) is 9.67. The molecule has 2 atom stereocenters. The van der Waals surface area contributed by atoms with Gasteiger partial charge in [0.2, 0.25) is 0 Å². The summed E-state index contributed by atoms with van der Waals surface area (Å²) in [6.07, 6.45) is 9.57. The van der Waals surface area contributed by atoms with Crippen molar-refractivity contribution in [3.8, 4) is 0 Å². The van der Waals surface area contributed by atoms with Crippen LogP contribution in [0.15, 0.2) is 12.7 Å². The van der Waals surface area contributed by atoms with Crippen LogP contribution in [0.2, 0.25) is 0 Å². The second-order valence-electron chi connectivity index (χ2n) is 5.14. The van der Waals surface area contributed by atoms with Gasteiger partial charge in [0.25, 0.3) is 0 Å². The van der Waals surface area contributed by atoms with Crippen molar-refractivity contribution in [2.24, 2.45) is 11.3 Å². The summed E-state index contributed by atoms with van der Waals surface area (Å²) in [5.74, 6) is 0.668. The summed E-state index contributed by atoms with van der Waals surface area (Å²) >= 11 is 0. The molecule has 0 aromatic heterocycles. The van der Waals surface area contributed by atoms with Crippen molar-refractivity contribution in [1.82, 2.24) is 0 Å². The first kappa shape index (κ1) is 11.2. The predicted octanol–water partition coefficient (Wildman–Crippen LogP) is 2.52. The summed E-state index contributed by atoms with van der Waals surface area (Å²) in [5.41, 5.74) is 0.0409. The lowest BCUT2D eigenvalue weighted by atomic mass is 9.68. The Kier molecular flexibility index (Phi) is 3.47. The van der Waals surface area contributed by atoms with E-state index < -0.39 is 0 Å². The molecule has 0 unspecified atom stereocenters. The second-order valence-corrected chi connectivity index (χ2v) is 5.14. The average Bonchev–Trinajstić information content (AvgIpc) is 2.75. The van der Waals surface area contributed by atoms with Crippen molar-refractivity contribution in [3.63, 3.8) is 0 Å². The lowest BCUT2D eigenvalue weighted by molar-refractivity contribution is 0.0249. The van der Waals surface area contributed by atoms with E-state index in [9.17, 15) is 5.11 Å². The Morgan fingerprint density at radius 2 is 2.07 bits per heavy atom. The molecule has 0 aromatic carbocycles. The summed E-state index contributed by atoms with van der Waals surface area (Å²) < 4.78 is 5.68. The SMILES string of the molecule is C=C[C@H]1C[C@](CO)(C2CCCCC2)CO1. The van der Waals surface area contributed by atoms with Crippen LogP contribution in [-0.4, -0.2) is 24.4 Å². The van der Waals surface area contributed by atoms with Gasteiger partial charge in [0, 0.05) is 5.41 Å². The summed E-state index contributed by atoms with van der Waals surface area (Å²) in [7, 11) is 0. The molecule has 1 saturated heterocycles. The van der Waals surface area contributed by atoms with Gasteiger partial charge in [0.1, 0.15) is 0 Å². The molecule has 2 fully saturated rings. The van der Waals surface area contributed by atoms with E-state index in [1.165, 1.54) is 32.1 Å². The molecule has 2 heteroatoms. The van der Waals surface area contributed by atoms with Crippen LogP contribution in [0.5, 0.6) is 0 Å². The lowest BCUT2D eigenvalue weighted by Gasteiger charge is -2.37. The van der Waals surface area contributed by atoms with E-state index in [0.29, 0.717) is 5.92 Å². The molecule has 1 aliphatic heterocycles. The van der Waals surface area contributed by atoms with E-state index >= 15 is 0 Å². The second kappa shape index (κ2) is 4.67. The first-order valence-electron chi connectivity index (χ1n) is 6.16. The van der Waals surface area contributed by atoms with Crippen LogP contribution in [0.4, 0.5) is 0 Å². The van der Waals surface area contributed by atoms with Crippen molar-refractivity contribution in [2.75, 3.05) is 13.2 Å². The molecule has 0 spiro atoms. The van der Waals surface area contributed by atoms with Gasteiger partial charge < -0.3 is 9.84 Å².